The quantitative estimate of drug-likeness (QED) is 0.288. The van der Waals surface area contributed by atoms with Crippen molar-refractivity contribution in [3.8, 4) is 0 Å². The maximum atomic E-state index is 11.5. The van der Waals surface area contributed by atoms with Crippen molar-refractivity contribution >= 4 is 17.8 Å². The van der Waals surface area contributed by atoms with Crippen LogP contribution in [0.5, 0.6) is 0 Å². The Morgan fingerprint density at radius 2 is 2.24 bits per heavy atom. The summed E-state index contributed by atoms with van der Waals surface area (Å²) in [5, 5.41) is 6.20. The van der Waals surface area contributed by atoms with Crippen LogP contribution in [-0.2, 0) is 14.3 Å². The maximum absolute atomic E-state index is 11.5. The number of nitrogens with one attached hydrogen (secondary N) is 2. The number of aliphatic imine (C=N–C) groups is 1. The molecule has 7 nitrogen and oxygen atoms in total. The number of esters is 1. The van der Waals surface area contributed by atoms with Crippen LogP contribution in [0.25, 0.3) is 0 Å². The molecule has 1 heterocycles. The first-order valence-electron chi connectivity index (χ1n) is 7.54. The third-order valence-electron chi connectivity index (χ3n) is 3.22. The zero-order chi connectivity index (χ0) is 15.5. The van der Waals surface area contributed by atoms with Gasteiger partial charge in [-0.25, -0.2) is 0 Å². The highest BCUT2D eigenvalue weighted by atomic mass is 16.5. The van der Waals surface area contributed by atoms with Gasteiger partial charge in [0, 0.05) is 39.1 Å². The Balaban J connectivity index is 2.23. The average molecular weight is 298 g/mol. The molecule has 1 amide bonds. The molecular weight excluding hydrogens is 272 g/mol. The fourth-order valence-electron chi connectivity index (χ4n) is 2.12. The lowest BCUT2D eigenvalue weighted by Crippen LogP contribution is -2.38. The van der Waals surface area contributed by atoms with E-state index >= 15 is 0 Å². The van der Waals surface area contributed by atoms with Crippen LogP contribution in [0.1, 0.15) is 32.6 Å². The van der Waals surface area contributed by atoms with Gasteiger partial charge in [0.2, 0.25) is 5.91 Å². The molecule has 0 atom stereocenters. The minimum atomic E-state index is -0.245. The van der Waals surface area contributed by atoms with Crippen molar-refractivity contribution in [3.63, 3.8) is 0 Å². The lowest BCUT2D eigenvalue weighted by atomic mass is 10.4. The summed E-state index contributed by atoms with van der Waals surface area (Å²) in [5.41, 5.74) is 0. The summed E-state index contributed by atoms with van der Waals surface area (Å²) < 4.78 is 4.58. The largest absolute Gasteiger partial charge is 0.469 e. The van der Waals surface area contributed by atoms with Crippen LogP contribution in [0, 0.1) is 0 Å². The van der Waals surface area contributed by atoms with Crippen molar-refractivity contribution in [2.24, 2.45) is 4.99 Å². The van der Waals surface area contributed by atoms with Gasteiger partial charge in [0.05, 0.1) is 13.5 Å². The van der Waals surface area contributed by atoms with E-state index < -0.39 is 0 Å². The van der Waals surface area contributed by atoms with Crippen molar-refractivity contribution in [2.45, 2.75) is 32.6 Å². The summed E-state index contributed by atoms with van der Waals surface area (Å²) in [4.78, 5) is 28.8. The van der Waals surface area contributed by atoms with E-state index in [1.54, 1.807) is 0 Å². The van der Waals surface area contributed by atoms with E-state index in [9.17, 15) is 9.59 Å². The predicted molar refractivity (Wildman–Crippen MR) is 81.0 cm³/mol. The lowest BCUT2D eigenvalue weighted by Gasteiger charge is -2.15. The van der Waals surface area contributed by atoms with Gasteiger partial charge >= 0.3 is 5.97 Å². The number of nitrogens with zero attached hydrogens (tertiary/aromatic N) is 2. The van der Waals surface area contributed by atoms with E-state index in [0.29, 0.717) is 31.9 Å². The first-order valence-corrected chi connectivity index (χ1v) is 7.54. The highest BCUT2D eigenvalue weighted by Gasteiger charge is 2.18. The molecular formula is C14H26N4O3. The molecule has 7 heteroatoms. The number of likely N-dealkylation sites (tertiary alicyclic amines) is 1. The standard InChI is InChI=1S/C14H26N4O3/c1-3-15-14(17-9-7-13(20)21-2)16-8-5-11-18-10-4-6-12(18)19/h3-11H2,1-2H3,(H2,15,16,17). The van der Waals surface area contributed by atoms with Crippen LogP contribution >= 0.6 is 0 Å². The van der Waals surface area contributed by atoms with Crippen molar-refractivity contribution in [2.75, 3.05) is 39.8 Å². The molecule has 1 rings (SSSR count). The van der Waals surface area contributed by atoms with Gasteiger partial charge < -0.3 is 20.3 Å². The Kier molecular flexibility index (Phi) is 8.23. The summed E-state index contributed by atoms with van der Waals surface area (Å²) in [6, 6.07) is 0. The second kappa shape index (κ2) is 10.0. The summed E-state index contributed by atoms with van der Waals surface area (Å²) >= 11 is 0. The average Bonchev–Trinajstić information content (AvgIpc) is 2.88. The Bertz CT molecular complexity index is 371. The number of amides is 1. The number of hydrogen-bond donors (Lipinski definition) is 2. The van der Waals surface area contributed by atoms with Gasteiger partial charge in [-0.3, -0.25) is 14.6 Å². The Morgan fingerprint density at radius 3 is 2.86 bits per heavy atom. The molecule has 0 aromatic carbocycles. The van der Waals surface area contributed by atoms with Crippen LogP contribution in [0.2, 0.25) is 0 Å². The molecule has 1 aliphatic rings. The second-order valence-electron chi connectivity index (χ2n) is 4.85. The van der Waals surface area contributed by atoms with Crippen molar-refractivity contribution in [1.82, 2.24) is 15.5 Å². The summed E-state index contributed by atoms with van der Waals surface area (Å²) in [7, 11) is 1.38. The fraction of sp³-hybridized carbons (Fsp3) is 0.786. The number of ether oxygens (including phenoxy) is 1. The number of hydrogen-bond acceptors (Lipinski definition) is 4. The smallest absolute Gasteiger partial charge is 0.307 e. The first-order chi connectivity index (χ1) is 10.2. The monoisotopic (exact) mass is 298 g/mol. The number of rotatable bonds is 8. The van der Waals surface area contributed by atoms with E-state index in [1.165, 1.54) is 7.11 Å². The van der Waals surface area contributed by atoms with Gasteiger partial charge in [0.1, 0.15) is 0 Å². The third kappa shape index (κ3) is 6.97. The van der Waals surface area contributed by atoms with Gasteiger partial charge in [0.25, 0.3) is 0 Å². The lowest BCUT2D eigenvalue weighted by molar-refractivity contribution is -0.140. The zero-order valence-corrected chi connectivity index (χ0v) is 13.0. The van der Waals surface area contributed by atoms with Crippen LogP contribution in [-0.4, -0.2) is 62.6 Å². The molecule has 0 radical (unpaired) electrons. The van der Waals surface area contributed by atoms with Crippen LogP contribution in [0.15, 0.2) is 4.99 Å². The zero-order valence-electron chi connectivity index (χ0n) is 13.0. The van der Waals surface area contributed by atoms with Gasteiger partial charge in [-0.05, 0) is 19.8 Å². The molecule has 0 aromatic rings. The summed E-state index contributed by atoms with van der Waals surface area (Å²) in [6.07, 6.45) is 2.81. The van der Waals surface area contributed by atoms with Gasteiger partial charge in [-0.1, -0.05) is 0 Å². The molecule has 120 valence electrons. The Hall–Kier alpha value is -1.79. The normalized spacial score (nSPS) is 15.2. The van der Waals surface area contributed by atoms with Gasteiger partial charge in [0.15, 0.2) is 5.96 Å². The summed E-state index contributed by atoms with van der Waals surface area (Å²) in [6.45, 7) is 5.53. The highest BCUT2D eigenvalue weighted by molar-refractivity contribution is 5.80. The van der Waals surface area contributed by atoms with E-state index in [4.69, 9.17) is 0 Å². The van der Waals surface area contributed by atoms with Crippen LogP contribution in [0.4, 0.5) is 0 Å². The molecule has 1 aliphatic heterocycles. The van der Waals surface area contributed by atoms with Crippen molar-refractivity contribution < 1.29 is 14.3 Å². The van der Waals surface area contributed by atoms with E-state index in [0.717, 1.165) is 32.5 Å². The Labute approximate surface area is 126 Å². The molecule has 1 fully saturated rings. The number of carbonyl (C=O) groups is 2. The molecule has 1 saturated heterocycles. The molecule has 0 bridgehead atoms. The van der Waals surface area contributed by atoms with Gasteiger partial charge in [-0.15, -0.1) is 0 Å². The minimum absolute atomic E-state index is 0.245. The topological polar surface area (TPSA) is 83.0 Å². The molecule has 0 unspecified atom stereocenters. The highest BCUT2D eigenvalue weighted by Crippen LogP contribution is 2.09. The molecule has 2 N–H and O–H groups in total. The van der Waals surface area contributed by atoms with E-state index in [1.807, 2.05) is 11.8 Å². The second-order valence-corrected chi connectivity index (χ2v) is 4.85. The first kappa shape index (κ1) is 17.3. The SMILES string of the molecule is CCNC(=NCCCN1CCCC1=O)NCCC(=O)OC. The minimum Gasteiger partial charge on any atom is -0.469 e. The van der Waals surface area contributed by atoms with Crippen molar-refractivity contribution in [3.05, 3.63) is 0 Å². The molecule has 0 aromatic heterocycles. The third-order valence-corrected chi connectivity index (χ3v) is 3.22. The molecule has 21 heavy (non-hydrogen) atoms. The predicted octanol–water partition coefficient (Wildman–Crippen LogP) is 0.117. The fourth-order valence-corrected chi connectivity index (χ4v) is 2.12. The van der Waals surface area contributed by atoms with E-state index in [-0.39, 0.29) is 11.9 Å². The van der Waals surface area contributed by atoms with E-state index in [2.05, 4.69) is 20.4 Å². The van der Waals surface area contributed by atoms with Crippen LogP contribution in [0.3, 0.4) is 0 Å². The molecule has 0 aliphatic carbocycles. The number of methoxy groups -OCH3 is 1. The van der Waals surface area contributed by atoms with Crippen molar-refractivity contribution in [1.29, 1.82) is 0 Å². The number of carbonyl (C=O) groups excluding carboxylic acids is 2. The summed E-state index contributed by atoms with van der Waals surface area (Å²) in [5.74, 6) is 0.696. The Morgan fingerprint density at radius 1 is 1.43 bits per heavy atom. The van der Waals surface area contributed by atoms with Crippen LogP contribution < -0.4 is 10.6 Å². The molecule has 0 saturated carbocycles. The maximum Gasteiger partial charge on any atom is 0.307 e. The molecule has 0 spiro atoms. The van der Waals surface area contributed by atoms with Gasteiger partial charge in [-0.2, -0.15) is 0 Å². The number of guanidine groups is 1.